The average Bonchev–Trinajstić information content (AvgIpc) is 2.71. The summed E-state index contributed by atoms with van der Waals surface area (Å²) in [4.78, 5) is 35.9. The van der Waals surface area contributed by atoms with E-state index in [0.717, 1.165) is 6.07 Å². The minimum Gasteiger partial charge on any atom is -0.507 e. The van der Waals surface area contributed by atoms with Gasteiger partial charge in [0.1, 0.15) is 28.2 Å². The lowest BCUT2D eigenvalue weighted by Crippen LogP contribution is -2.12. The number of phenols is 1. The Hall–Kier alpha value is -3.75. The first-order valence-electron chi connectivity index (χ1n) is 7.62. The molecule has 1 heterocycles. The van der Waals surface area contributed by atoms with Gasteiger partial charge in [0.25, 0.3) is 0 Å². The summed E-state index contributed by atoms with van der Waals surface area (Å²) in [7, 11) is 1.32. The molecule has 0 bridgehead atoms. The van der Waals surface area contributed by atoms with E-state index in [4.69, 9.17) is 14.2 Å². The van der Waals surface area contributed by atoms with Gasteiger partial charge in [-0.2, -0.15) is 0 Å². The van der Waals surface area contributed by atoms with E-state index in [-0.39, 0.29) is 33.9 Å². The molecule has 1 aliphatic heterocycles. The number of hydrogen-bond donors (Lipinski definition) is 3. The molecule has 3 N–H and O–H groups in total. The van der Waals surface area contributed by atoms with Crippen molar-refractivity contribution >= 4 is 17.9 Å². The van der Waals surface area contributed by atoms with Crippen LogP contribution in [0, 0.1) is 13.8 Å². The van der Waals surface area contributed by atoms with Gasteiger partial charge in [-0.05, 0) is 31.5 Å². The lowest BCUT2D eigenvalue weighted by molar-refractivity contribution is 0.0682. The van der Waals surface area contributed by atoms with Gasteiger partial charge in [0, 0.05) is 5.56 Å². The minimum atomic E-state index is -1.55. The second-order valence-electron chi connectivity index (χ2n) is 5.80. The van der Waals surface area contributed by atoms with Crippen molar-refractivity contribution in [3.05, 3.63) is 39.9 Å². The summed E-state index contributed by atoms with van der Waals surface area (Å²) >= 11 is 0. The molecule has 0 spiro atoms. The summed E-state index contributed by atoms with van der Waals surface area (Å²) in [6.07, 6.45) is 0. The molecule has 0 saturated heterocycles. The Bertz CT molecular complexity index is 1020. The molecule has 0 fully saturated rings. The molecule has 2 aromatic rings. The number of aromatic carboxylic acids is 2. The SMILES string of the molecule is COc1cc(C(=O)O)c2c(c1C)OC(=O)c1c(C)cc(O)c(C(=O)O)c1O2. The number of carbonyl (C=O) groups is 3. The molecule has 9 nitrogen and oxygen atoms in total. The topological polar surface area (TPSA) is 140 Å². The normalized spacial score (nSPS) is 12.2. The lowest BCUT2D eigenvalue weighted by Gasteiger charge is -2.16. The molecule has 3 rings (SSSR count). The molecule has 9 heteroatoms. The van der Waals surface area contributed by atoms with Crippen LogP contribution in [0.2, 0.25) is 0 Å². The second-order valence-corrected chi connectivity index (χ2v) is 5.80. The Morgan fingerprint density at radius 3 is 2.22 bits per heavy atom. The third-order valence-electron chi connectivity index (χ3n) is 4.16. The first-order chi connectivity index (χ1) is 12.7. The average molecular weight is 374 g/mol. The van der Waals surface area contributed by atoms with Crippen LogP contribution in [0.5, 0.6) is 28.7 Å². The highest BCUT2D eigenvalue weighted by atomic mass is 16.6. The molecule has 0 amide bonds. The molecular formula is C18H14O9. The Morgan fingerprint density at radius 2 is 1.67 bits per heavy atom. The minimum absolute atomic E-state index is 0.145. The number of rotatable bonds is 3. The standard InChI is InChI=1S/C18H14O9/c1-6-4-9(19)12(17(22)23)15-11(6)18(24)27-13-7(2)10(25-3)5-8(16(20)21)14(13)26-15/h4-5,19H,1-3H3,(H,20,21)(H,22,23). The quantitative estimate of drug-likeness (QED) is 0.546. The van der Waals surface area contributed by atoms with Gasteiger partial charge in [-0.1, -0.05) is 0 Å². The number of carbonyl (C=O) groups excluding carboxylic acids is 1. The predicted octanol–water partition coefficient (Wildman–Crippen LogP) is 2.74. The number of ether oxygens (including phenoxy) is 3. The first kappa shape index (κ1) is 18.1. The van der Waals surface area contributed by atoms with E-state index in [2.05, 4.69) is 0 Å². The van der Waals surface area contributed by atoms with E-state index in [1.165, 1.54) is 27.0 Å². The van der Waals surface area contributed by atoms with Crippen LogP contribution in [0.25, 0.3) is 0 Å². The van der Waals surface area contributed by atoms with Crippen LogP contribution in [-0.4, -0.2) is 40.3 Å². The maximum absolute atomic E-state index is 12.6. The van der Waals surface area contributed by atoms with Gasteiger partial charge in [-0.3, -0.25) is 0 Å². The number of fused-ring (bicyclic) bond motifs is 2. The Balaban J connectivity index is 2.42. The van der Waals surface area contributed by atoms with E-state index in [1.807, 2.05) is 0 Å². The highest BCUT2D eigenvalue weighted by Crippen LogP contribution is 2.48. The fourth-order valence-electron chi connectivity index (χ4n) is 2.88. The van der Waals surface area contributed by atoms with Gasteiger partial charge in [0.15, 0.2) is 17.2 Å². The number of carboxylic acids is 2. The maximum Gasteiger partial charge on any atom is 0.347 e. The number of esters is 1. The zero-order valence-corrected chi connectivity index (χ0v) is 14.4. The van der Waals surface area contributed by atoms with Crippen LogP contribution in [0.15, 0.2) is 12.1 Å². The number of carboxylic acid groups (broad SMARTS) is 2. The van der Waals surface area contributed by atoms with Crippen molar-refractivity contribution in [2.24, 2.45) is 0 Å². The molecule has 0 saturated carbocycles. The van der Waals surface area contributed by atoms with Crippen molar-refractivity contribution in [1.29, 1.82) is 0 Å². The van der Waals surface area contributed by atoms with Crippen molar-refractivity contribution < 1.29 is 43.9 Å². The zero-order valence-electron chi connectivity index (χ0n) is 14.4. The van der Waals surface area contributed by atoms with Crippen molar-refractivity contribution in [1.82, 2.24) is 0 Å². The van der Waals surface area contributed by atoms with Crippen LogP contribution in [0.4, 0.5) is 0 Å². The largest absolute Gasteiger partial charge is 0.507 e. The van der Waals surface area contributed by atoms with Gasteiger partial charge in [-0.25, -0.2) is 14.4 Å². The fourth-order valence-corrected chi connectivity index (χ4v) is 2.88. The molecule has 1 aliphatic rings. The van der Waals surface area contributed by atoms with E-state index < -0.39 is 40.5 Å². The summed E-state index contributed by atoms with van der Waals surface area (Å²) in [6, 6.07) is 2.26. The fraction of sp³-hybridized carbons (Fsp3) is 0.167. The number of aryl methyl sites for hydroxylation is 1. The molecule has 2 aromatic carbocycles. The van der Waals surface area contributed by atoms with Crippen LogP contribution >= 0.6 is 0 Å². The van der Waals surface area contributed by atoms with Crippen LogP contribution in [0.1, 0.15) is 42.2 Å². The van der Waals surface area contributed by atoms with Gasteiger partial charge < -0.3 is 29.5 Å². The predicted molar refractivity (Wildman–Crippen MR) is 89.5 cm³/mol. The van der Waals surface area contributed by atoms with E-state index in [9.17, 15) is 29.7 Å². The summed E-state index contributed by atoms with van der Waals surface area (Å²) in [5.41, 5.74) is -0.809. The molecular weight excluding hydrogens is 360 g/mol. The van der Waals surface area contributed by atoms with E-state index >= 15 is 0 Å². The summed E-state index contributed by atoms with van der Waals surface area (Å²) in [6.45, 7) is 2.98. The second kappa shape index (κ2) is 6.20. The van der Waals surface area contributed by atoms with Gasteiger partial charge in [0.2, 0.25) is 0 Å². The number of benzene rings is 2. The Morgan fingerprint density at radius 1 is 1.00 bits per heavy atom. The Labute approximate surface area is 152 Å². The van der Waals surface area contributed by atoms with Crippen LogP contribution < -0.4 is 14.2 Å². The summed E-state index contributed by atoms with van der Waals surface area (Å²) in [5.74, 6) is -5.45. The van der Waals surface area contributed by atoms with Gasteiger partial charge in [0.05, 0.1) is 7.11 Å². The van der Waals surface area contributed by atoms with E-state index in [0.29, 0.717) is 0 Å². The molecule has 140 valence electrons. The number of methoxy groups -OCH3 is 1. The van der Waals surface area contributed by atoms with Crippen molar-refractivity contribution in [2.75, 3.05) is 7.11 Å². The smallest absolute Gasteiger partial charge is 0.347 e. The zero-order chi connectivity index (χ0) is 20.0. The van der Waals surface area contributed by atoms with Crippen molar-refractivity contribution in [2.45, 2.75) is 13.8 Å². The summed E-state index contributed by atoms with van der Waals surface area (Å²) < 4.78 is 16.0. The highest BCUT2D eigenvalue weighted by molar-refractivity contribution is 6.05. The van der Waals surface area contributed by atoms with Crippen LogP contribution in [0.3, 0.4) is 0 Å². The van der Waals surface area contributed by atoms with Crippen LogP contribution in [-0.2, 0) is 0 Å². The third-order valence-corrected chi connectivity index (χ3v) is 4.16. The molecule has 0 aliphatic carbocycles. The maximum atomic E-state index is 12.6. The Kier molecular flexibility index (Phi) is 4.15. The van der Waals surface area contributed by atoms with Crippen molar-refractivity contribution in [3.63, 3.8) is 0 Å². The first-order valence-corrected chi connectivity index (χ1v) is 7.62. The molecule has 0 aromatic heterocycles. The lowest BCUT2D eigenvalue weighted by atomic mass is 10.0. The third kappa shape index (κ3) is 2.69. The highest BCUT2D eigenvalue weighted by Gasteiger charge is 2.35. The summed E-state index contributed by atoms with van der Waals surface area (Å²) in [5, 5.41) is 28.9. The van der Waals surface area contributed by atoms with Gasteiger partial charge >= 0.3 is 17.9 Å². The number of hydrogen-bond acceptors (Lipinski definition) is 7. The molecule has 27 heavy (non-hydrogen) atoms. The monoisotopic (exact) mass is 374 g/mol. The van der Waals surface area contributed by atoms with E-state index in [1.54, 1.807) is 0 Å². The number of aromatic hydroxyl groups is 1. The van der Waals surface area contributed by atoms with Crippen molar-refractivity contribution in [3.8, 4) is 28.7 Å². The molecule has 0 atom stereocenters. The molecule has 0 radical (unpaired) electrons. The van der Waals surface area contributed by atoms with Gasteiger partial charge in [-0.15, -0.1) is 0 Å². The molecule has 0 unspecified atom stereocenters.